The fraction of sp³-hybridized carbons (Fsp3) is 0.767. The molecule has 0 fully saturated rings. The van der Waals surface area contributed by atoms with Gasteiger partial charge in [-0.15, -0.1) is 0 Å². The van der Waals surface area contributed by atoms with E-state index in [1.807, 2.05) is 90.0 Å². The SMILES string of the molecule is Cc1cn(C)c(COC(=O)N[C@@H](CS(C)(=O)=O)C(=O)N[C@H](CC(C)C)[C@@H](O)C[C@@H](C)C(=O)N[C@@H](C(=O)NCC(C)C)C(C)C)n1.Cc1cnc(COC(=O)N[C@@H](CS(C)(=O)=O)C(=O)N[C@H](CC(C)C)[C@@H](O)C[C@@H](C)C(=O)N[C@@H](C(=O)NCC(C)C)C(C)C)n1C. The number of aliphatic hydroxyl groups excluding tert-OH is 2. The molecular formula is C60H108N12O16S2. The first-order valence-corrected chi connectivity index (χ1v) is 34.8. The fourth-order valence-electron chi connectivity index (χ4n) is 9.04. The summed E-state index contributed by atoms with van der Waals surface area (Å²) in [5.41, 5.74) is 1.57. The zero-order valence-corrected chi connectivity index (χ0v) is 58.3. The quantitative estimate of drug-likeness (QED) is 0.0468. The average molecular weight is 1320 g/mol. The minimum absolute atomic E-state index is 0.0107. The number of aliphatic hydroxyl groups is 2. The first-order valence-electron chi connectivity index (χ1n) is 30.7. The van der Waals surface area contributed by atoms with Gasteiger partial charge in [-0.25, -0.2) is 36.4 Å². The van der Waals surface area contributed by atoms with Gasteiger partial charge in [-0.2, -0.15) is 0 Å². The molecule has 10 N–H and O–H groups in total. The van der Waals surface area contributed by atoms with Crippen molar-refractivity contribution in [2.24, 2.45) is 61.4 Å². The molecule has 0 aromatic carbocycles. The number of hydrogen-bond donors (Lipinski definition) is 10. The number of alkyl carbamates (subject to hydrolysis) is 2. The molecule has 2 rings (SSSR count). The Balaban J connectivity index is 0.000000900. The number of sulfone groups is 2. The van der Waals surface area contributed by atoms with E-state index in [4.69, 9.17) is 9.47 Å². The number of rotatable bonds is 36. The highest BCUT2D eigenvalue weighted by Gasteiger charge is 2.36. The van der Waals surface area contributed by atoms with E-state index < -0.39 is 127 Å². The van der Waals surface area contributed by atoms with Gasteiger partial charge in [-0.1, -0.05) is 96.9 Å². The smallest absolute Gasteiger partial charge is 0.408 e. The van der Waals surface area contributed by atoms with Gasteiger partial charge < -0.3 is 71.4 Å². The van der Waals surface area contributed by atoms with Crippen molar-refractivity contribution in [3.8, 4) is 0 Å². The van der Waals surface area contributed by atoms with Crippen LogP contribution in [0.5, 0.6) is 0 Å². The van der Waals surface area contributed by atoms with E-state index in [0.29, 0.717) is 37.6 Å². The summed E-state index contributed by atoms with van der Waals surface area (Å²) in [5.74, 6) is -4.85. The molecule has 90 heavy (non-hydrogen) atoms. The van der Waals surface area contributed by atoms with Crippen LogP contribution in [-0.4, -0.2) is 179 Å². The van der Waals surface area contributed by atoms with Crippen LogP contribution in [0, 0.1) is 61.2 Å². The monoisotopic (exact) mass is 1320 g/mol. The first-order chi connectivity index (χ1) is 41.4. The molecule has 0 aliphatic carbocycles. The van der Waals surface area contributed by atoms with Gasteiger partial charge in [0, 0.05) is 69.6 Å². The van der Waals surface area contributed by atoms with Gasteiger partial charge in [0.2, 0.25) is 35.4 Å². The summed E-state index contributed by atoms with van der Waals surface area (Å²) in [6.07, 6.45) is 1.34. The van der Waals surface area contributed by atoms with Crippen LogP contribution in [0.3, 0.4) is 0 Å². The Morgan fingerprint density at radius 2 is 0.878 bits per heavy atom. The normalized spacial score (nSPS) is 15.2. The maximum absolute atomic E-state index is 13.3. The van der Waals surface area contributed by atoms with Crippen molar-refractivity contribution in [2.45, 2.75) is 198 Å². The van der Waals surface area contributed by atoms with Crippen LogP contribution in [0.15, 0.2) is 12.4 Å². The third-order valence-electron chi connectivity index (χ3n) is 14.2. The third kappa shape index (κ3) is 32.1. The second-order valence-electron chi connectivity index (χ2n) is 26.2. The highest BCUT2D eigenvalue weighted by atomic mass is 32.2. The van der Waals surface area contributed by atoms with Crippen molar-refractivity contribution in [1.82, 2.24) is 61.6 Å². The number of nitrogens with one attached hydrogen (secondary N) is 8. The number of carbonyl (C=O) groups excluding carboxylic acids is 8. The summed E-state index contributed by atoms with van der Waals surface area (Å²) in [6.45, 7) is 30.1. The Kier molecular flexibility index (Phi) is 34.9. The number of nitrogens with zero attached hydrogens (tertiary/aromatic N) is 4. The summed E-state index contributed by atoms with van der Waals surface area (Å²) < 4.78 is 62.2. The summed E-state index contributed by atoms with van der Waals surface area (Å²) in [5, 5.41) is 43.5. The second kappa shape index (κ2) is 38.5. The van der Waals surface area contributed by atoms with Crippen LogP contribution in [0.2, 0.25) is 0 Å². The molecule has 0 aliphatic rings. The van der Waals surface area contributed by atoms with Gasteiger partial charge in [0.25, 0.3) is 0 Å². The highest BCUT2D eigenvalue weighted by molar-refractivity contribution is 7.91. The van der Waals surface area contributed by atoms with Crippen LogP contribution in [0.1, 0.15) is 146 Å². The van der Waals surface area contributed by atoms with Crippen molar-refractivity contribution in [3.63, 3.8) is 0 Å². The van der Waals surface area contributed by atoms with Gasteiger partial charge in [0.15, 0.2) is 13.2 Å². The molecule has 0 saturated heterocycles. The minimum Gasteiger partial charge on any atom is -0.441 e. The molecular weight excluding hydrogens is 1210 g/mol. The van der Waals surface area contributed by atoms with E-state index in [1.54, 1.807) is 56.4 Å². The fourth-order valence-corrected chi connectivity index (χ4v) is 10.7. The molecule has 0 spiro atoms. The highest BCUT2D eigenvalue weighted by Crippen LogP contribution is 2.19. The van der Waals surface area contributed by atoms with E-state index in [-0.39, 0.29) is 73.4 Å². The van der Waals surface area contributed by atoms with E-state index in [1.165, 1.54) is 0 Å². The predicted molar refractivity (Wildman–Crippen MR) is 341 cm³/mol. The topological polar surface area (TPSA) is 396 Å². The van der Waals surface area contributed by atoms with Crippen LogP contribution < -0.4 is 42.5 Å². The van der Waals surface area contributed by atoms with Gasteiger partial charge in [-0.3, -0.25) is 28.8 Å². The number of aromatic nitrogens is 4. The first kappa shape index (κ1) is 81.6. The van der Waals surface area contributed by atoms with Crippen molar-refractivity contribution < 1.29 is 74.9 Å². The number of amides is 8. The van der Waals surface area contributed by atoms with Crippen LogP contribution in [0.4, 0.5) is 9.59 Å². The van der Waals surface area contributed by atoms with Crippen LogP contribution >= 0.6 is 0 Å². The summed E-state index contributed by atoms with van der Waals surface area (Å²) >= 11 is 0. The number of aryl methyl sites for hydroxylation is 3. The standard InChI is InChI=1S/2C30H54N6O8S/c1-17(2)11-22(24(37)12-20(7)27(38)35-26(19(5)6)29(40)32-13-18(3)4)33-28(39)23(16-45(10,42)43)34-30(41)44-15-25-31-14-21(8)36(25)9;1-17(2)11-22(24(37)12-20(7)27(38)35-26(19(5)6)29(40)31-13-18(3)4)33-28(39)23(16-45(10,42)43)34-30(41)44-15-25-32-21(8)14-36(25)9/h14,17-20,22-24,26,37H,11-13,15-16H2,1-10H3,(H,32,40)(H,33,39)(H,34,41)(H,35,38);14,17-20,22-24,26,37H,11-13,15-16H2,1-10H3,(H,31,40)(H,33,39)(H,34,41)(H,35,38)/t2*20-,22-,23+,24+,26-/m11/s1. The maximum Gasteiger partial charge on any atom is 0.408 e. The molecule has 10 atom stereocenters. The number of hydrogen-bond acceptors (Lipinski definition) is 18. The zero-order valence-electron chi connectivity index (χ0n) is 56.7. The largest absolute Gasteiger partial charge is 0.441 e. The summed E-state index contributed by atoms with van der Waals surface area (Å²) in [7, 11) is -3.97. The van der Waals surface area contributed by atoms with Crippen molar-refractivity contribution in [1.29, 1.82) is 0 Å². The third-order valence-corrected chi connectivity index (χ3v) is 16.1. The Morgan fingerprint density at radius 3 is 1.17 bits per heavy atom. The number of imidazole rings is 2. The Labute approximate surface area is 533 Å². The van der Waals surface area contributed by atoms with Crippen LogP contribution in [0.25, 0.3) is 0 Å². The molecule has 0 radical (unpaired) electrons. The molecule has 0 aliphatic heterocycles. The lowest BCUT2D eigenvalue weighted by Gasteiger charge is -2.30. The molecule has 0 saturated carbocycles. The molecule has 2 aromatic rings. The van der Waals surface area contributed by atoms with Crippen molar-refractivity contribution >= 4 is 67.3 Å². The Morgan fingerprint density at radius 1 is 0.511 bits per heavy atom. The zero-order chi connectivity index (χ0) is 69.3. The number of carbonyl (C=O) groups is 8. The van der Waals surface area contributed by atoms with Crippen molar-refractivity contribution in [3.05, 3.63) is 35.4 Å². The van der Waals surface area contributed by atoms with Gasteiger partial charge in [-0.05, 0) is 75.0 Å². The van der Waals surface area contributed by atoms with E-state index in [9.17, 15) is 65.4 Å². The maximum atomic E-state index is 13.3. The minimum atomic E-state index is -3.72. The Bertz CT molecular complexity index is 2730. The number of ether oxygens (including phenoxy) is 2. The lowest BCUT2D eigenvalue weighted by Crippen LogP contribution is -2.55. The van der Waals surface area contributed by atoms with Crippen molar-refractivity contribution in [2.75, 3.05) is 37.1 Å². The summed E-state index contributed by atoms with van der Waals surface area (Å²) in [4.78, 5) is 112. The molecule has 2 aromatic heterocycles. The van der Waals surface area contributed by atoms with Gasteiger partial charge in [0.05, 0.1) is 41.5 Å². The molecule has 30 heteroatoms. The average Bonchev–Trinajstić information content (AvgIpc) is 1.92. The molecule has 0 bridgehead atoms. The van der Waals surface area contributed by atoms with E-state index in [2.05, 4.69) is 52.5 Å². The molecule has 2 heterocycles. The van der Waals surface area contributed by atoms with Gasteiger partial charge >= 0.3 is 12.2 Å². The van der Waals surface area contributed by atoms with E-state index >= 15 is 0 Å². The van der Waals surface area contributed by atoms with Crippen LogP contribution in [-0.2, 0) is 85.2 Å². The molecule has 8 amide bonds. The predicted octanol–water partition coefficient (Wildman–Crippen LogP) is 2.40. The Hall–Kier alpha value is -6.40. The lowest BCUT2D eigenvalue weighted by atomic mass is 9.91. The molecule has 516 valence electrons. The summed E-state index contributed by atoms with van der Waals surface area (Å²) in [6, 6.07) is -6.25. The lowest BCUT2D eigenvalue weighted by molar-refractivity contribution is -0.132. The van der Waals surface area contributed by atoms with Gasteiger partial charge in [0.1, 0.15) is 55.5 Å². The molecule has 0 unspecified atom stereocenters. The van der Waals surface area contributed by atoms with E-state index in [0.717, 1.165) is 23.9 Å². The second-order valence-corrected chi connectivity index (χ2v) is 30.5. The molecule has 28 nitrogen and oxygen atoms in total.